The normalized spacial score (nSPS) is 20.2. The van der Waals surface area contributed by atoms with Gasteiger partial charge in [-0.15, -0.1) is 0 Å². The number of methoxy groups -OCH3 is 1. The minimum atomic E-state index is -1.06. The van der Waals surface area contributed by atoms with E-state index in [4.69, 9.17) is 9.47 Å². The lowest BCUT2D eigenvalue weighted by Gasteiger charge is -2.36. The molecule has 2 aromatic rings. The van der Waals surface area contributed by atoms with Crippen LogP contribution in [0.2, 0.25) is 0 Å². The zero-order valence-corrected chi connectivity index (χ0v) is 19.9. The summed E-state index contributed by atoms with van der Waals surface area (Å²) >= 11 is 0. The Kier molecular flexibility index (Phi) is 6.54. The van der Waals surface area contributed by atoms with Gasteiger partial charge in [0.2, 0.25) is 18.0 Å². The van der Waals surface area contributed by atoms with E-state index < -0.39 is 47.6 Å². The molecule has 0 aliphatic carbocycles. The van der Waals surface area contributed by atoms with Crippen molar-refractivity contribution in [2.45, 2.75) is 38.1 Å². The molecule has 4 heterocycles. The quantitative estimate of drug-likeness (QED) is 0.451. The monoisotopic (exact) mass is 518 g/mol. The van der Waals surface area contributed by atoms with Crippen molar-refractivity contribution in [1.29, 1.82) is 0 Å². The van der Waals surface area contributed by atoms with Gasteiger partial charge in [-0.05, 0) is 18.9 Å². The molecule has 1 aromatic carbocycles. The number of hydrogen-bond acceptors (Lipinski definition) is 8. The van der Waals surface area contributed by atoms with Crippen LogP contribution in [-0.4, -0.2) is 71.5 Å². The summed E-state index contributed by atoms with van der Waals surface area (Å²) in [6.45, 7) is 0.604. The number of carbonyl (C=O) groups is 3. The Morgan fingerprint density at radius 1 is 1.19 bits per heavy atom. The van der Waals surface area contributed by atoms with Crippen molar-refractivity contribution in [2.24, 2.45) is 0 Å². The van der Waals surface area contributed by atoms with Crippen LogP contribution in [-0.2, 0) is 22.6 Å². The molecule has 0 radical (unpaired) electrons. The van der Waals surface area contributed by atoms with Crippen molar-refractivity contribution in [3.63, 3.8) is 0 Å². The number of nitrogens with zero attached hydrogens (tertiary/aromatic N) is 3. The van der Waals surface area contributed by atoms with E-state index in [9.17, 15) is 28.0 Å². The van der Waals surface area contributed by atoms with Gasteiger partial charge in [-0.1, -0.05) is 6.07 Å². The highest BCUT2D eigenvalue weighted by Gasteiger charge is 2.48. The molecule has 1 aromatic heterocycles. The van der Waals surface area contributed by atoms with Gasteiger partial charge in [0.05, 0.1) is 13.7 Å². The fourth-order valence-electron chi connectivity index (χ4n) is 5.14. The van der Waals surface area contributed by atoms with E-state index in [1.54, 1.807) is 4.90 Å². The van der Waals surface area contributed by atoms with Crippen LogP contribution in [0.4, 0.5) is 13.6 Å². The lowest BCUT2D eigenvalue weighted by atomic mass is 10.1. The number of halogens is 2. The first-order valence-corrected chi connectivity index (χ1v) is 11.7. The minimum Gasteiger partial charge on any atom is -0.451 e. The van der Waals surface area contributed by atoms with Crippen LogP contribution >= 0.6 is 0 Å². The second kappa shape index (κ2) is 9.81. The summed E-state index contributed by atoms with van der Waals surface area (Å²) in [6, 6.07) is 3.14. The Morgan fingerprint density at radius 2 is 2.00 bits per heavy atom. The largest absolute Gasteiger partial charge is 0.510 e. The van der Waals surface area contributed by atoms with E-state index in [1.807, 2.05) is 0 Å². The number of nitrogens with one attached hydrogen (secondary N) is 1. The highest BCUT2D eigenvalue weighted by molar-refractivity contribution is 5.99. The summed E-state index contributed by atoms with van der Waals surface area (Å²) < 4.78 is 43.2. The molecule has 2 fully saturated rings. The molecule has 0 saturated carbocycles. The van der Waals surface area contributed by atoms with Crippen molar-refractivity contribution in [3.8, 4) is 5.75 Å². The van der Waals surface area contributed by atoms with Crippen molar-refractivity contribution >= 4 is 18.0 Å². The van der Waals surface area contributed by atoms with Crippen LogP contribution in [0.25, 0.3) is 0 Å². The van der Waals surface area contributed by atoms with Gasteiger partial charge in [0.1, 0.15) is 23.4 Å². The van der Waals surface area contributed by atoms with Crippen molar-refractivity contribution in [1.82, 2.24) is 19.7 Å². The van der Waals surface area contributed by atoms with Gasteiger partial charge in [-0.25, -0.2) is 13.6 Å². The molecule has 2 atom stereocenters. The first kappa shape index (κ1) is 24.7. The first-order valence-electron chi connectivity index (χ1n) is 11.7. The maximum atomic E-state index is 14.0. The molecular weight excluding hydrogens is 494 g/mol. The van der Waals surface area contributed by atoms with Crippen LogP contribution in [0.1, 0.15) is 39.3 Å². The molecule has 0 bridgehead atoms. The van der Waals surface area contributed by atoms with Crippen molar-refractivity contribution in [3.05, 3.63) is 63.1 Å². The van der Waals surface area contributed by atoms with Crippen LogP contribution in [0.15, 0.2) is 29.2 Å². The molecule has 3 aliphatic rings. The molecule has 13 heteroatoms. The van der Waals surface area contributed by atoms with Crippen molar-refractivity contribution in [2.75, 3.05) is 27.0 Å². The number of ether oxygens (including phenoxy) is 3. The number of hydrogen-bond donors (Lipinski definition) is 1. The molecule has 1 N–H and O–H groups in total. The van der Waals surface area contributed by atoms with E-state index in [1.165, 1.54) is 16.8 Å². The van der Waals surface area contributed by atoms with Crippen LogP contribution in [0.3, 0.4) is 0 Å². The minimum absolute atomic E-state index is 0.0209. The topological polar surface area (TPSA) is 119 Å². The first-order chi connectivity index (χ1) is 17.8. The second-order valence-electron chi connectivity index (χ2n) is 8.95. The Balaban J connectivity index is 1.47. The standard InChI is InChI=1S/C24H24F2N4O7/c1-35-24(34)37-12-36-21-19-23(33)30-9-15-3-2-6-29(15)18(30)11-28(19)10-16(20(21)31)22(32)27-8-13-4-5-14(25)7-17(13)26/h4-5,7,10,15,18H,2-3,6,8-9,11-12H2,1H3,(H,27,32)/t15-,18+/m1/s1. The predicted molar refractivity (Wildman–Crippen MR) is 122 cm³/mol. The van der Waals surface area contributed by atoms with Gasteiger partial charge in [-0.2, -0.15) is 0 Å². The molecule has 2 saturated heterocycles. The van der Waals surface area contributed by atoms with Gasteiger partial charge in [0.25, 0.3) is 11.8 Å². The predicted octanol–water partition coefficient (Wildman–Crippen LogP) is 1.44. The number of amides is 2. The lowest BCUT2D eigenvalue weighted by Crippen LogP contribution is -2.50. The molecule has 3 aliphatic heterocycles. The highest BCUT2D eigenvalue weighted by Crippen LogP contribution is 2.35. The second-order valence-corrected chi connectivity index (χ2v) is 8.95. The summed E-state index contributed by atoms with van der Waals surface area (Å²) in [6.07, 6.45) is 1.96. The average molecular weight is 518 g/mol. The van der Waals surface area contributed by atoms with E-state index in [2.05, 4.69) is 15.0 Å². The Labute approximate surface area is 209 Å². The zero-order valence-electron chi connectivity index (χ0n) is 19.9. The van der Waals surface area contributed by atoms with Gasteiger partial charge in [0.15, 0.2) is 5.69 Å². The fourth-order valence-corrected chi connectivity index (χ4v) is 5.14. The highest BCUT2D eigenvalue weighted by atomic mass is 19.1. The van der Waals surface area contributed by atoms with Crippen LogP contribution in [0, 0.1) is 11.6 Å². The lowest BCUT2D eigenvalue weighted by molar-refractivity contribution is 0.0128. The number of aromatic nitrogens is 1. The molecule has 196 valence electrons. The number of rotatable bonds is 6. The summed E-state index contributed by atoms with van der Waals surface area (Å²) in [5.74, 6) is -3.33. The van der Waals surface area contributed by atoms with E-state index in [-0.39, 0.29) is 35.6 Å². The number of fused-ring (bicyclic) bond motifs is 4. The average Bonchev–Trinajstić information content (AvgIpc) is 3.47. The zero-order chi connectivity index (χ0) is 26.3. The number of benzene rings is 1. The summed E-state index contributed by atoms with van der Waals surface area (Å²) in [4.78, 5) is 55.0. The van der Waals surface area contributed by atoms with Crippen LogP contribution in [0.5, 0.6) is 5.75 Å². The third-order valence-corrected chi connectivity index (χ3v) is 6.88. The summed E-state index contributed by atoms with van der Waals surface area (Å²) in [5, 5.41) is 2.45. The Hall–Kier alpha value is -4.00. The van der Waals surface area contributed by atoms with Gasteiger partial charge >= 0.3 is 6.16 Å². The Morgan fingerprint density at radius 3 is 2.76 bits per heavy atom. The van der Waals surface area contributed by atoms with Gasteiger partial charge in [-0.3, -0.25) is 19.3 Å². The smallest absolute Gasteiger partial charge is 0.451 e. The Bertz CT molecular complexity index is 1330. The number of carbonyl (C=O) groups excluding carboxylic acids is 3. The van der Waals surface area contributed by atoms with E-state index in [0.29, 0.717) is 19.2 Å². The fraction of sp³-hybridized carbons (Fsp3) is 0.417. The summed E-state index contributed by atoms with van der Waals surface area (Å²) in [5.41, 5.74) is -1.29. The summed E-state index contributed by atoms with van der Waals surface area (Å²) in [7, 11) is 1.09. The number of pyridine rings is 1. The molecule has 0 unspecified atom stereocenters. The van der Waals surface area contributed by atoms with E-state index in [0.717, 1.165) is 32.6 Å². The van der Waals surface area contributed by atoms with Crippen LogP contribution < -0.4 is 15.5 Å². The maximum absolute atomic E-state index is 14.0. The molecule has 5 rings (SSSR count). The maximum Gasteiger partial charge on any atom is 0.510 e. The molecular formula is C24H24F2N4O7. The third-order valence-electron chi connectivity index (χ3n) is 6.88. The van der Waals surface area contributed by atoms with Gasteiger partial charge in [0, 0.05) is 43.5 Å². The SMILES string of the molecule is COC(=O)OCOc1c2n(cc(C(=O)NCc3ccc(F)cc3F)c1=O)C[C@@H]1N(C[C@H]3CCCN31)C2=O. The van der Waals surface area contributed by atoms with Crippen molar-refractivity contribution < 1.29 is 37.4 Å². The van der Waals surface area contributed by atoms with E-state index >= 15 is 0 Å². The molecule has 2 amide bonds. The molecule has 37 heavy (non-hydrogen) atoms. The molecule has 0 spiro atoms. The van der Waals surface area contributed by atoms with Gasteiger partial charge < -0.3 is 29.0 Å². The third kappa shape index (κ3) is 4.50. The molecule has 11 nitrogen and oxygen atoms in total.